The predicted molar refractivity (Wildman–Crippen MR) is 64.4 cm³/mol. The molecule has 0 bridgehead atoms. The monoisotopic (exact) mass is 211 g/mol. The van der Waals surface area contributed by atoms with E-state index in [1.165, 1.54) is 6.07 Å². The third-order valence-corrected chi connectivity index (χ3v) is 2.20. The Hall–Kier alpha value is -0.890. The van der Waals surface area contributed by atoms with Crippen LogP contribution in [0.15, 0.2) is 24.3 Å². The summed E-state index contributed by atoms with van der Waals surface area (Å²) in [6.45, 7) is 9.05. The summed E-state index contributed by atoms with van der Waals surface area (Å²) in [5.41, 5.74) is 1.02. The van der Waals surface area contributed by atoms with Crippen LogP contribution < -0.4 is 0 Å². The molecule has 0 saturated heterocycles. The Bertz CT molecular complexity index is 271. The molecule has 1 aromatic rings. The Kier molecular flexibility index (Phi) is 6.97. The van der Waals surface area contributed by atoms with E-state index in [0.29, 0.717) is 6.04 Å². The fourth-order valence-electron chi connectivity index (χ4n) is 1.11. The van der Waals surface area contributed by atoms with Crippen LogP contribution in [0.2, 0.25) is 0 Å². The molecule has 15 heavy (non-hydrogen) atoms. The van der Waals surface area contributed by atoms with Gasteiger partial charge in [-0.15, -0.1) is 0 Å². The molecular formula is C13H22FN. The first-order chi connectivity index (χ1) is 7.09. The molecule has 0 atom stereocenters. The minimum atomic E-state index is -0.158. The van der Waals surface area contributed by atoms with Gasteiger partial charge in [-0.3, -0.25) is 4.90 Å². The number of nitrogens with zero attached hydrogens (tertiary/aromatic N) is 1. The van der Waals surface area contributed by atoms with Gasteiger partial charge in [0.2, 0.25) is 0 Å². The van der Waals surface area contributed by atoms with Crippen LogP contribution in [0.3, 0.4) is 0 Å². The highest BCUT2D eigenvalue weighted by atomic mass is 19.1. The first-order valence-electron chi connectivity index (χ1n) is 5.54. The minimum Gasteiger partial charge on any atom is -0.300 e. The number of hydrogen-bond donors (Lipinski definition) is 0. The van der Waals surface area contributed by atoms with E-state index >= 15 is 0 Å². The van der Waals surface area contributed by atoms with Crippen molar-refractivity contribution in [1.29, 1.82) is 0 Å². The van der Waals surface area contributed by atoms with E-state index in [4.69, 9.17) is 0 Å². The Morgan fingerprint density at radius 2 is 1.87 bits per heavy atom. The lowest BCUT2D eigenvalue weighted by atomic mass is 10.2. The molecule has 0 N–H and O–H groups in total. The van der Waals surface area contributed by atoms with Crippen LogP contribution in [0.25, 0.3) is 0 Å². The van der Waals surface area contributed by atoms with E-state index in [2.05, 4.69) is 18.7 Å². The van der Waals surface area contributed by atoms with Gasteiger partial charge in [0.1, 0.15) is 5.82 Å². The van der Waals surface area contributed by atoms with Crippen LogP contribution >= 0.6 is 0 Å². The van der Waals surface area contributed by atoms with Gasteiger partial charge >= 0.3 is 0 Å². The number of rotatable bonds is 3. The number of halogens is 1. The summed E-state index contributed by atoms with van der Waals surface area (Å²) in [6.07, 6.45) is 0. The van der Waals surface area contributed by atoms with Crippen molar-refractivity contribution in [3.05, 3.63) is 35.6 Å². The van der Waals surface area contributed by atoms with Gasteiger partial charge in [-0.25, -0.2) is 4.39 Å². The van der Waals surface area contributed by atoms with Gasteiger partial charge < -0.3 is 0 Å². The first-order valence-corrected chi connectivity index (χ1v) is 5.54. The van der Waals surface area contributed by atoms with Gasteiger partial charge in [-0.05, 0) is 38.6 Å². The quantitative estimate of drug-likeness (QED) is 0.737. The van der Waals surface area contributed by atoms with Crippen molar-refractivity contribution in [3.63, 3.8) is 0 Å². The molecule has 2 heteroatoms. The van der Waals surface area contributed by atoms with Crippen molar-refractivity contribution >= 4 is 0 Å². The molecule has 1 aromatic carbocycles. The SMILES string of the molecule is CC.CC(C)N(C)Cc1cccc(F)c1. The first kappa shape index (κ1) is 14.1. The lowest BCUT2D eigenvalue weighted by Crippen LogP contribution is -2.25. The zero-order valence-electron chi connectivity index (χ0n) is 10.4. The predicted octanol–water partition coefficient (Wildman–Crippen LogP) is 3.69. The summed E-state index contributed by atoms with van der Waals surface area (Å²) in [5, 5.41) is 0. The van der Waals surface area contributed by atoms with Gasteiger partial charge in [-0.1, -0.05) is 26.0 Å². The zero-order valence-corrected chi connectivity index (χ0v) is 10.4. The summed E-state index contributed by atoms with van der Waals surface area (Å²) < 4.78 is 12.8. The molecule has 1 nitrogen and oxygen atoms in total. The van der Waals surface area contributed by atoms with Crippen molar-refractivity contribution in [2.45, 2.75) is 40.3 Å². The van der Waals surface area contributed by atoms with Crippen LogP contribution in [0.5, 0.6) is 0 Å². The topological polar surface area (TPSA) is 3.24 Å². The van der Waals surface area contributed by atoms with Gasteiger partial charge in [0.05, 0.1) is 0 Å². The molecule has 0 spiro atoms. The average molecular weight is 211 g/mol. The standard InChI is InChI=1S/C11H16FN.C2H6/c1-9(2)13(3)8-10-5-4-6-11(12)7-10;1-2/h4-7,9H,8H2,1-3H3;1-2H3. The second-order valence-electron chi connectivity index (χ2n) is 3.64. The fraction of sp³-hybridized carbons (Fsp3) is 0.538. The largest absolute Gasteiger partial charge is 0.300 e. The third-order valence-electron chi connectivity index (χ3n) is 2.20. The van der Waals surface area contributed by atoms with Crippen LogP contribution in [-0.2, 0) is 6.54 Å². The van der Waals surface area contributed by atoms with E-state index in [-0.39, 0.29) is 5.82 Å². The zero-order chi connectivity index (χ0) is 11.8. The van der Waals surface area contributed by atoms with Gasteiger partial charge in [0.25, 0.3) is 0 Å². The summed E-state index contributed by atoms with van der Waals surface area (Å²) in [7, 11) is 2.04. The van der Waals surface area contributed by atoms with Crippen molar-refractivity contribution in [2.24, 2.45) is 0 Å². The molecule has 0 aliphatic heterocycles. The van der Waals surface area contributed by atoms with Crippen molar-refractivity contribution in [2.75, 3.05) is 7.05 Å². The lowest BCUT2D eigenvalue weighted by molar-refractivity contribution is 0.265. The lowest BCUT2D eigenvalue weighted by Gasteiger charge is -2.20. The summed E-state index contributed by atoms with van der Waals surface area (Å²) in [6, 6.07) is 7.24. The van der Waals surface area contributed by atoms with E-state index in [1.54, 1.807) is 12.1 Å². The summed E-state index contributed by atoms with van der Waals surface area (Å²) >= 11 is 0. The summed E-state index contributed by atoms with van der Waals surface area (Å²) in [4.78, 5) is 2.18. The van der Waals surface area contributed by atoms with Crippen LogP contribution in [0.1, 0.15) is 33.3 Å². The Balaban J connectivity index is 0.000000921. The molecule has 0 fully saturated rings. The van der Waals surface area contributed by atoms with E-state index in [1.807, 2.05) is 27.0 Å². The number of benzene rings is 1. The van der Waals surface area contributed by atoms with Gasteiger partial charge in [0.15, 0.2) is 0 Å². The fourth-order valence-corrected chi connectivity index (χ4v) is 1.11. The normalized spacial score (nSPS) is 10.1. The molecular weight excluding hydrogens is 189 g/mol. The summed E-state index contributed by atoms with van der Waals surface area (Å²) in [5.74, 6) is -0.158. The van der Waals surface area contributed by atoms with Crippen LogP contribution in [0.4, 0.5) is 4.39 Å². The second-order valence-corrected chi connectivity index (χ2v) is 3.64. The maximum absolute atomic E-state index is 12.8. The maximum atomic E-state index is 12.8. The van der Waals surface area contributed by atoms with E-state index < -0.39 is 0 Å². The molecule has 0 saturated carbocycles. The van der Waals surface area contributed by atoms with Crippen LogP contribution in [-0.4, -0.2) is 18.0 Å². The highest BCUT2D eigenvalue weighted by molar-refractivity contribution is 5.16. The molecule has 0 amide bonds. The Morgan fingerprint density at radius 3 is 2.33 bits per heavy atom. The van der Waals surface area contributed by atoms with Crippen molar-refractivity contribution in [3.8, 4) is 0 Å². The molecule has 0 aromatic heterocycles. The minimum absolute atomic E-state index is 0.158. The molecule has 0 heterocycles. The van der Waals surface area contributed by atoms with E-state index in [0.717, 1.165) is 12.1 Å². The van der Waals surface area contributed by atoms with Gasteiger partial charge in [-0.2, -0.15) is 0 Å². The second kappa shape index (κ2) is 7.41. The number of hydrogen-bond acceptors (Lipinski definition) is 1. The van der Waals surface area contributed by atoms with Crippen molar-refractivity contribution in [1.82, 2.24) is 4.90 Å². The smallest absolute Gasteiger partial charge is 0.123 e. The van der Waals surface area contributed by atoms with Crippen LogP contribution in [0, 0.1) is 5.82 Å². The van der Waals surface area contributed by atoms with Crippen molar-refractivity contribution < 1.29 is 4.39 Å². The molecule has 0 aliphatic carbocycles. The van der Waals surface area contributed by atoms with Gasteiger partial charge in [0, 0.05) is 12.6 Å². The Labute approximate surface area is 92.9 Å². The maximum Gasteiger partial charge on any atom is 0.123 e. The third kappa shape index (κ3) is 5.53. The molecule has 0 aliphatic rings. The molecule has 86 valence electrons. The Morgan fingerprint density at radius 1 is 1.27 bits per heavy atom. The average Bonchev–Trinajstić information content (AvgIpc) is 2.20. The highest BCUT2D eigenvalue weighted by Gasteiger charge is 2.04. The highest BCUT2D eigenvalue weighted by Crippen LogP contribution is 2.07. The molecule has 0 radical (unpaired) electrons. The molecule has 0 unspecified atom stereocenters. The molecule has 1 rings (SSSR count). The van der Waals surface area contributed by atoms with E-state index in [9.17, 15) is 4.39 Å².